The first-order valence-corrected chi connectivity index (χ1v) is 11.2. The number of aliphatic hydroxyl groups excluding tert-OH is 1. The van der Waals surface area contributed by atoms with Gasteiger partial charge in [-0.25, -0.2) is 13.6 Å². The number of fused-ring (bicyclic) bond motifs is 1. The molecular formula is C26H23F2N5O2. The van der Waals surface area contributed by atoms with Gasteiger partial charge < -0.3 is 20.2 Å². The molecule has 2 amide bonds. The second-order valence-electron chi connectivity index (χ2n) is 8.34. The Hall–Kier alpha value is -4.11. The van der Waals surface area contributed by atoms with E-state index in [-0.39, 0.29) is 24.3 Å². The topological polar surface area (TPSA) is 81.6 Å². The quantitative estimate of drug-likeness (QED) is 0.460. The minimum atomic E-state index is -0.471. The highest BCUT2D eigenvalue weighted by atomic mass is 19.1. The molecule has 2 heterocycles. The fraction of sp³-hybridized carbons (Fsp3) is 0.192. The summed E-state index contributed by atoms with van der Waals surface area (Å²) in [5.74, 6) is -0.0499. The van der Waals surface area contributed by atoms with Crippen molar-refractivity contribution in [2.75, 3.05) is 36.5 Å². The highest BCUT2D eigenvalue weighted by molar-refractivity contribution is 6.00. The number of hydrogen-bond donors (Lipinski definition) is 2. The number of benzene rings is 3. The number of aromatic nitrogens is 2. The number of urea groups is 1. The molecule has 4 aromatic rings. The largest absolute Gasteiger partial charge is 0.394 e. The Morgan fingerprint density at radius 2 is 1.57 bits per heavy atom. The Labute approximate surface area is 200 Å². The zero-order valence-corrected chi connectivity index (χ0v) is 18.7. The summed E-state index contributed by atoms with van der Waals surface area (Å²) >= 11 is 0. The van der Waals surface area contributed by atoms with Crippen LogP contribution in [-0.2, 0) is 0 Å². The molecule has 0 spiro atoms. The molecule has 1 aliphatic rings. The van der Waals surface area contributed by atoms with Gasteiger partial charge in [-0.2, -0.15) is 0 Å². The standard InChI is InChI=1S/C26H23F2N5O2/c27-18-7-5-17(6-8-18)24-22-3-1-2-4-23(22)25(31-30-24)32-13-14-33(21(15-32)16-34)26(35)29-20-11-9-19(28)10-12-20/h1-12,21,34H,13-16H2,(H,29,35)/t21-/m1/s1. The van der Waals surface area contributed by atoms with Gasteiger partial charge in [-0.05, 0) is 48.5 Å². The maximum Gasteiger partial charge on any atom is 0.322 e. The van der Waals surface area contributed by atoms with E-state index in [0.29, 0.717) is 36.8 Å². The lowest BCUT2D eigenvalue weighted by molar-refractivity contribution is 0.132. The number of nitrogens with zero attached hydrogens (tertiary/aromatic N) is 4. The lowest BCUT2D eigenvalue weighted by atomic mass is 10.0. The van der Waals surface area contributed by atoms with Crippen LogP contribution in [0.1, 0.15) is 0 Å². The highest BCUT2D eigenvalue weighted by Crippen LogP contribution is 2.32. The second-order valence-corrected chi connectivity index (χ2v) is 8.34. The van der Waals surface area contributed by atoms with E-state index in [0.717, 1.165) is 16.3 Å². The van der Waals surface area contributed by atoms with Gasteiger partial charge in [0.1, 0.15) is 17.3 Å². The number of nitrogens with one attached hydrogen (secondary N) is 1. The zero-order valence-electron chi connectivity index (χ0n) is 18.7. The van der Waals surface area contributed by atoms with Crippen LogP contribution in [0.4, 0.5) is 25.1 Å². The van der Waals surface area contributed by atoms with Crippen molar-refractivity contribution in [2.24, 2.45) is 0 Å². The predicted molar refractivity (Wildman–Crippen MR) is 130 cm³/mol. The number of piperazine rings is 1. The van der Waals surface area contributed by atoms with Crippen molar-refractivity contribution in [3.8, 4) is 11.3 Å². The lowest BCUT2D eigenvalue weighted by Gasteiger charge is -2.41. The van der Waals surface area contributed by atoms with Crippen LogP contribution in [-0.4, -0.2) is 58.5 Å². The molecule has 9 heteroatoms. The molecule has 1 aliphatic heterocycles. The normalized spacial score (nSPS) is 15.9. The lowest BCUT2D eigenvalue weighted by Crippen LogP contribution is -2.58. The Kier molecular flexibility index (Phi) is 6.24. The highest BCUT2D eigenvalue weighted by Gasteiger charge is 2.31. The molecule has 1 saturated heterocycles. The molecule has 0 radical (unpaired) electrons. The van der Waals surface area contributed by atoms with Gasteiger partial charge in [0, 0.05) is 41.7 Å². The van der Waals surface area contributed by atoms with E-state index in [4.69, 9.17) is 0 Å². The monoisotopic (exact) mass is 475 g/mol. The first-order chi connectivity index (χ1) is 17.0. The van der Waals surface area contributed by atoms with Crippen LogP contribution in [0.3, 0.4) is 0 Å². The number of rotatable bonds is 4. The number of aliphatic hydroxyl groups is 1. The Bertz CT molecular complexity index is 1350. The van der Waals surface area contributed by atoms with Crippen LogP contribution >= 0.6 is 0 Å². The van der Waals surface area contributed by atoms with Gasteiger partial charge in [0.15, 0.2) is 5.82 Å². The fourth-order valence-electron chi connectivity index (χ4n) is 4.34. The van der Waals surface area contributed by atoms with Gasteiger partial charge >= 0.3 is 6.03 Å². The van der Waals surface area contributed by atoms with Gasteiger partial charge in [0.05, 0.1) is 12.6 Å². The van der Waals surface area contributed by atoms with E-state index >= 15 is 0 Å². The molecule has 2 N–H and O–H groups in total. The summed E-state index contributed by atoms with van der Waals surface area (Å²) in [6, 6.07) is 18.5. The van der Waals surface area contributed by atoms with Crippen molar-refractivity contribution in [3.63, 3.8) is 0 Å². The van der Waals surface area contributed by atoms with Gasteiger partial charge in [-0.1, -0.05) is 24.3 Å². The summed E-state index contributed by atoms with van der Waals surface area (Å²) in [5.41, 5.74) is 1.89. The first kappa shape index (κ1) is 22.7. The summed E-state index contributed by atoms with van der Waals surface area (Å²) < 4.78 is 26.6. The summed E-state index contributed by atoms with van der Waals surface area (Å²) in [5, 5.41) is 23.5. The van der Waals surface area contributed by atoms with E-state index in [1.807, 2.05) is 29.2 Å². The number of carbonyl (C=O) groups excluding carboxylic acids is 1. The van der Waals surface area contributed by atoms with Crippen molar-refractivity contribution in [1.82, 2.24) is 15.1 Å². The molecule has 0 saturated carbocycles. The number of halogens is 2. The summed E-state index contributed by atoms with van der Waals surface area (Å²) in [6.45, 7) is 0.976. The molecule has 5 rings (SSSR count). The van der Waals surface area contributed by atoms with E-state index in [1.54, 1.807) is 17.0 Å². The van der Waals surface area contributed by atoms with Gasteiger partial charge in [0.25, 0.3) is 0 Å². The maximum absolute atomic E-state index is 13.4. The first-order valence-electron chi connectivity index (χ1n) is 11.2. The molecule has 1 atom stereocenters. The average molecular weight is 475 g/mol. The van der Waals surface area contributed by atoms with E-state index in [2.05, 4.69) is 15.5 Å². The van der Waals surface area contributed by atoms with Gasteiger partial charge in [0.2, 0.25) is 0 Å². The molecule has 1 aromatic heterocycles. The van der Waals surface area contributed by atoms with Crippen molar-refractivity contribution >= 4 is 28.3 Å². The minimum Gasteiger partial charge on any atom is -0.394 e. The van der Waals surface area contributed by atoms with E-state index < -0.39 is 6.04 Å². The Balaban J connectivity index is 1.39. The predicted octanol–water partition coefficient (Wildman–Crippen LogP) is 4.29. The molecular weight excluding hydrogens is 452 g/mol. The Morgan fingerprint density at radius 3 is 2.26 bits per heavy atom. The van der Waals surface area contributed by atoms with Crippen LogP contribution < -0.4 is 10.2 Å². The molecule has 178 valence electrons. The third kappa shape index (κ3) is 4.63. The van der Waals surface area contributed by atoms with Crippen molar-refractivity contribution in [3.05, 3.63) is 84.4 Å². The molecule has 35 heavy (non-hydrogen) atoms. The van der Waals surface area contributed by atoms with Gasteiger partial charge in [-0.15, -0.1) is 10.2 Å². The Morgan fingerprint density at radius 1 is 0.914 bits per heavy atom. The molecule has 0 bridgehead atoms. The number of carbonyl (C=O) groups is 1. The van der Waals surface area contributed by atoms with Crippen LogP contribution in [0.15, 0.2) is 72.8 Å². The van der Waals surface area contributed by atoms with Crippen LogP contribution in [0.25, 0.3) is 22.0 Å². The molecule has 1 fully saturated rings. The number of anilines is 2. The number of hydrogen-bond acceptors (Lipinski definition) is 5. The van der Waals surface area contributed by atoms with Crippen molar-refractivity contribution in [1.29, 1.82) is 0 Å². The summed E-state index contributed by atoms with van der Waals surface area (Å²) in [4.78, 5) is 16.4. The van der Waals surface area contributed by atoms with Crippen molar-refractivity contribution in [2.45, 2.75) is 6.04 Å². The zero-order chi connectivity index (χ0) is 24.4. The molecule has 0 aliphatic carbocycles. The molecule has 3 aromatic carbocycles. The molecule has 7 nitrogen and oxygen atoms in total. The minimum absolute atomic E-state index is 0.230. The summed E-state index contributed by atoms with van der Waals surface area (Å²) in [7, 11) is 0. The van der Waals surface area contributed by atoms with E-state index in [9.17, 15) is 18.7 Å². The number of amides is 2. The fourth-order valence-corrected chi connectivity index (χ4v) is 4.34. The summed E-state index contributed by atoms with van der Waals surface area (Å²) in [6.07, 6.45) is 0. The average Bonchev–Trinajstić information content (AvgIpc) is 2.89. The van der Waals surface area contributed by atoms with Crippen molar-refractivity contribution < 1.29 is 18.7 Å². The van der Waals surface area contributed by atoms with Crippen LogP contribution in [0, 0.1) is 11.6 Å². The molecule has 0 unspecified atom stereocenters. The van der Waals surface area contributed by atoms with Gasteiger partial charge in [-0.3, -0.25) is 0 Å². The van der Waals surface area contributed by atoms with Crippen LogP contribution in [0.5, 0.6) is 0 Å². The second kappa shape index (κ2) is 9.63. The SMILES string of the molecule is O=C(Nc1ccc(F)cc1)N1CCN(c2nnc(-c3ccc(F)cc3)c3ccccc23)C[C@@H]1CO. The van der Waals surface area contributed by atoms with Crippen LogP contribution in [0.2, 0.25) is 0 Å². The van der Waals surface area contributed by atoms with E-state index in [1.165, 1.54) is 36.4 Å². The maximum atomic E-state index is 13.4. The third-order valence-corrected chi connectivity index (χ3v) is 6.13. The third-order valence-electron chi connectivity index (χ3n) is 6.13. The smallest absolute Gasteiger partial charge is 0.322 e.